The van der Waals surface area contributed by atoms with Crippen LogP contribution in [0, 0.1) is 0 Å². The maximum atomic E-state index is 10.8. The Morgan fingerprint density at radius 1 is 0.875 bits per heavy atom. The second kappa shape index (κ2) is 6.34. The third-order valence-corrected chi connectivity index (χ3v) is 1.54. The number of rotatable bonds is 2. The predicted molar refractivity (Wildman–Crippen MR) is 56.7 cm³/mol. The summed E-state index contributed by atoms with van der Waals surface area (Å²) in [4.78, 5) is 30.2. The normalized spacial score (nSPS) is 8.62. The average Bonchev–Trinajstić information content (AvgIpc) is 2.17. The molecule has 0 aliphatic carbocycles. The van der Waals surface area contributed by atoms with E-state index in [0.29, 0.717) is 5.56 Å². The van der Waals surface area contributed by atoms with Crippen molar-refractivity contribution in [3.8, 4) is 0 Å². The van der Waals surface area contributed by atoms with Crippen molar-refractivity contribution in [1.82, 2.24) is 0 Å². The number of carbonyl (C=O) groups is 3. The van der Waals surface area contributed by atoms with Crippen LogP contribution in [0.5, 0.6) is 0 Å². The fourth-order valence-corrected chi connectivity index (χ4v) is 0.848. The van der Waals surface area contributed by atoms with Crippen LogP contribution in [0.2, 0.25) is 0 Å². The molecule has 5 nitrogen and oxygen atoms in total. The van der Waals surface area contributed by atoms with Gasteiger partial charge < -0.3 is 10.2 Å². The molecule has 1 aromatic rings. The van der Waals surface area contributed by atoms with Crippen LogP contribution in [0.25, 0.3) is 0 Å². The van der Waals surface area contributed by atoms with Gasteiger partial charge in [-0.2, -0.15) is 0 Å². The van der Waals surface area contributed by atoms with Crippen LogP contribution in [0.4, 0.5) is 0 Å². The van der Waals surface area contributed by atoms with Crippen molar-refractivity contribution in [2.45, 2.75) is 13.8 Å². The van der Waals surface area contributed by atoms with Gasteiger partial charge in [0.25, 0.3) is 5.97 Å². The lowest BCUT2D eigenvalue weighted by molar-refractivity contribution is -0.134. The summed E-state index contributed by atoms with van der Waals surface area (Å²) in [5.74, 6) is -1.88. The molecular weight excluding hydrogens is 212 g/mol. The first kappa shape index (κ1) is 13.8. The number of hydrogen-bond acceptors (Lipinski definition) is 3. The van der Waals surface area contributed by atoms with Crippen molar-refractivity contribution in [3.63, 3.8) is 0 Å². The highest BCUT2D eigenvalue weighted by molar-refractivity contribution is 5.95. The molecule has 86 valence electrons. The lowest BCUT2D eigenvalue weighted by Gasteiger charge is -1.95. The fourth-order valence-electron chi connectivity index (χ4n) is 0.848. The second-order valence-electron chi connectivity index (χ2n) is 2.96. The number of aromatic carboxylic acids is 1. The SMILES string of the molecule is CC(=O)O.CC(=O)c1ccc(C(=O)O)cc1. The van der Waals surface area contributed by atoms with Gasteiger partial charge in [-0.25, -0.2) is 4.79 Å². The molecule has 0 unspecified atom stereocenters. The Balaban J connectivity index is 0.000000487. The first-order valence-corrected chi connectivity index (χ1v) is 4.38. The van der Waals surface area contributed by atoms with E-state index >= 15 is 0 Å². The minimum absolute atomic E-state index is 0.0630. The third-order valence-electron chi connectivity index (χ3n) is 1.54. The van der Waals surface area contributed by atoms with Crippen LogP contribution in [-0.2, 0) is 4.79 Å². The van der Waals surface area contributed by atoms with Crippen molar-refractivity contribution in [3.05, 3.63) is 35.4 Å². The molecule has 0 aromatic heterocycles. The topological polar surface area (TPSA) is 91.7 Å². The molecule has 16 heavy (non-hydrogen) atoms. The zero-order valence-corrected chi connectivity index (χ0v) is 8.93. The van der Waals surface area contributed by atoms with E-state index in [9.17, 15) is 9.59 Å². The van der Waals surface area contributed by atoms with Gasteiger partial charge in [0.15, 0.2) is 5.78 Å². The number of carboxylic acid groups (broad SMARTS) is 2. The van der Waals surface area contributed by atoms with Crippen molar-refractivity contribution >= 4 is 17.7 Å². The molecule has 0 saturated heterocycles. The van der Waals surface area contributed by atoms with E-state index in [2.05, 4.69) is 0 Å². The summed E-state index contributed by atoms with van der Waals surface area (Å²) < 4.78 is 0. The van der Waals surface area contributed by atoms with Gasteiger partial charge in [0, 0.05) is 12.5 Å². The summed E-state index contributed by atoms with van der Waals surface area (Å²) in [7, 11) is 0. The van der Waals surface area contributed by atoms with Crippen LogP contribution < -0.4 is 0 Å². The Labute approximate surface area is 92.3 Å². The Morgan fingerprint density at radius 2 is 1.19 bits per heavy atom. The highest BCUT2D eigenvalue weighted by atomic mass is 16.4. The van der Waals surface area contributed by atoms with Gasteiger partial charge in [0.05, 0.1) is 5.56 Å². The average molecular weight is 224 g/mol. The maximum absolute atomic E-state index is 10.8. The van der Waals surface area contributed by atoms with Gasteiger partial charge in [0.1, 0.15) is 0 Å². The van der Waals surface area contributed by atoms with E-state index in [-0.39, 0.29) is 11.3 Å². The van der Waals surface area contributed by atoms with Crippen LogP contribution in [0.1, 0.15) is 34.6 Å². The molecule has 0 amide bonds. The summed E-state index contributed by atoms with van der Waals surface area (Å²) in [5.41, 5.74) is 0.722. The smallest absolute Gasteiger partial charge is 0.335 e. The Hall–Kier alpha value is -2.17. The molecule has 0 aliphatic heterocycles. The summed E-state index contributed by atoms with van der Waals surface area (Å²) in [6, 6.07) is 5.84. The number of hydrogen-bond donors (Lipinski definition) is 2. The number of benzene rings is 1. The van der Waals surface area contributed by atoms with Crippen molar-refractivity contribution in [2.75, 3.05) is 0 Å². The predicted octanol–water partition coefficient (Wildman–Crippen LogP) is 1.68. The van der Waals surface area contributed by atoms with Gasteiger partial charge in [0.2, 0.25) is 0 Å². The van der Waals surface area contributed by atoms with Gasteiger partial charge in [-0.05, 0) is 19.1 Å². The Bertz CT molecular complexity index is 354. The van der Waals surface area contributed by atoms with Crippen molar-refractivity contribution in [1.29, 1.82) is 0 Å². The molecule has 0 fully saturated rings. The number of Topliss-reactive ketones (excluding diaryl/α,β-unsaturated/α-hetero) is 1. The molecule has 1 aromatic carbocycles. The number of carboxylic acids is 2. The maximum Gasteiger partial charge on any atom is 0.335 e. The van der Waals surface area contributed by atoms with Crippen molar-refractivity contribution in [2.24, 2.45) is 0 Å². The van der Waals surface area contributed by atoms with Gasteiger partial charge in [-0.1, -0.05) is 12.1 Å². The molecule has 0 atom stereocenters. The van der Waals surface area contributed by atoms with Crippen LogP contribution in [-0.4, -0.2) is 27.9 Å². The molecule has 0 heterocycles. The molecule has 0 saturated carbocycles. The van der Waals surface area contributed by atoms with E-state index < -0.39 is 11.9 Å². The van der Waals surface area contributed by atoms with Gasteiger partial charge in [-0.15, -0.1) is 0 Å². The minimum atomic E-state index is -0.981. The van der Waals surface area contributed by atoms with E-state index in [1.807, 2.05) is 0 Å². The Morgan fingerprint density at radius 3 is 1.44 bits per heavy atom. The van der Waals surface area contributed by atoms with Crippen molar-refractivity contribution < 1.29 is 24.6 Å². The lowest BCUT2D eigenvalue weighted by Crippen LogP contribution is -1.97. The standard InChI is InChI=1S/C9H8O3.C2H4O2/c1-6(10)7-2-4-8(5-3-7)9(11)12;1-2(3)4/h2-5H,1H3,(H,11,12);1H3,(H,3,4). The fraction of sp³-hybridized carbons (Fsp3) is 0.182. The summed E-state index contributed by atoms with van der Waals surface area (Å²) in [5, 5.41) is 15.9. The monoisotopic (exact) mass is 224 g/mol. The molecule has 2 N–H and O–H groups in total. The summed E-state index contributed by atoms with van der Waals surface area (Å²) in [6.45, 7) is 2.52. The lowest BCUT2D eigenvalue weighted by atomic mass is 10.1. The molecule has 1 rings (SSSR count). The highest BCUT2D eigenvalue weighted by Gasteiger charge is 2.02. The van der Waals surface area contributed by atoms with Crippen LogP contribution >= 0.6 is 0 Å². The first-order valence-electron chi connectivity index (χ1n) is 4.38. The van der Waals surface area contributed by atoms with E-state index in [1.165, 1.54) is 31.2 Å². The zero-order chi connectivity index (χ0) is 12.7. The minimum Gasteiger partial charge on any atom is -0.481 e. The van der Waals surface area contributed by atoms with E-state index in [4.69, 9.17) is 15.0 Å². The number of carbonyl (C=O) groups excluding carboxylic acids is 1. The zero-order valence-electron chi connectivity index (χ0n) is 8.93. The molecule has 5 heteroatoms. The molecule has 0 spiro atoms. The molecule has 0 aliphatic rings. The quantitative estimate of drug-likeness (QED) is 0.745. The largest absolute Gasteiger partial charge is 0.481 e. The molecule has 0 bridgehead atoms. The van der Waals surface area contributed by atoms with Gasteiger partial charge in [-0.3, -0.25) is 9.59 Å². The summed E-state index contributed by atoms with van der Waals surface area (Å²) in [6.07, 6.45) is 0. The molecule has 0 radical (unpaired) electrons. The summed E-state index contributed by atoms with van der Waals surface area (Å²) >= 11 is 0. The third kappa shape index (κ3) is 5.54. The molecular formula is C11H12O5. The Kier molecular flexibility index (Phi) is 5.48. The first-order chi connectivity index (χ1) is 7.34. The highest BCUT2D eigenvalue weighted by Crippen LogP contribution is 2.04. The number of ketones is 1. The van der Waals surface area contributed by atoms with E-state index in [1.54, 1.807) is 0 Å². The van der Waals surface area contributed by atoms with Crippen LogP contribution in [0.15, 0.2) is 24.3 Å². The number of aliphatic carboxylic acids is 1. The second-order valence-corrected chi connectivity index (χ2v) is 2.96. The van der Waals surface area contributed by atoms with E-state index in [0.717, 1.165) is 6.92 Å². The van der Waals surface area contributed by atoms with Crippen LogP contribution in [0.3, 0.4) is 0 Å². The van der Waals surface area contributed by atoms with Gasteiger partial charge >= 0.3 is 5.97 Å².